The third kappa shape index (κ3) is 5.84. The normalized spacial score (nSPS) is 16.9. The highest BCUT2D eigenvalue weighted by Gasteiger charge is 2.31. The van der Waals surface area contributed by atoms with Crippen molar-refractivity contribution in [3.63, 3.8) is 0 Å². The molecule has 1 aliphatic carbocycles. The van der Waals surface area contributed by atoms with Crippen LogP contribution < -0.4 is 10.6 Å². The van der Waals surface area contributed by atoms with Crippen molar-refractivity contribution >= 4 is 51.6 Å². The molecular weight excluding hydrogens is 516 g/mol. The molecule has 0 unspecified atom stereocenters. The van der Waals surface area contributed by atoms with Gasteiger partial charge in [0.15, 0.2) is 0 Å². The second-order valence-electron chi connectivity index (χ2n) is 8.48. The van der Waals surface area contributed by atoms with E-state index in [1.807, 2.05) is 0 Å². The van der Waals surface area contributed by atoms with E-state index in [1.165, 1.54) is 29.5 Å². The van der Waals surface area contributed by atoms with Gasteiger partial charge in [0.25, 0.3) is 5.69 Å². The van der Waals surface area contributed by atoms with Gasteiger partial charge in [0, 0.05) is 29.3 Å². The van der Waals surface area contributed by atoms with Gasteiger partial charge in [-0.3, -0.25) is 19.7 Å². The van der Waals surface area contributed by atoms with Gasteiger partial charge in [0.1, 0.15) is 5.00 Å². The molecule has 10 nitrogen and oxygen atoms in total. The zero-order valence-corrected chi connectivity index (χ0v) is 21.6. The van der Waals surface area contributed by atoms with Crippen LogP contribution in [0.25, 0.3) is 0 Å². The van der Waals surface area contributed by atoms with Crippen molar-refractivity contribution in [2.75, 3.05) is 17.7 Å². The van der Waals surface area contributed by atoms with Crippen molar-refractivity contribution in [3.05, 3.63) is 66.5 Å². The molecule has 0 radical (unpaired) electrons. The number of non-ortho nitro benzene ring substituents is 1. The molecule has 12 heteroatoms. The number of ether oxygens (including phenoxy) is 1. The maximum Gasteiger partial charge on any atom is 0.341 e. The third-order valence-electron chi connectivity index (χ3n) is 6.09. The number of amides is 2. The zero-order valence-electron chi connectivity index (χ0n) is 20.0. The molecule has 1 aliphatic heterocycles. The first-order valence-electron chi connectivity index (χ1n) is 11.7. The quantitative estimate of drug-likeness (QED) is 0.284. The maximum atomic E-state index is 12.9. The number of esters is 1. The predicted octanol–water partition coefficient (Wildman–Crippen LogP) is 4.42. The molecule has 0 fully saturated rings. The van der Waals surface area contributed by atoms with Gasteiger partial charge in [0.2, 0.25) is 11.8 Å². The number of allylic oxidation sites excluding steroid dienone is 1. The van der Waals surface area contributed by atoms with Crippen molar-refractivity contribution in [2.24, 2.45) is 0 Å². The number of benzene rings is 1. The minimum atomic E-state index is -0.663. The summed E-state index contributed by atoms with van der Waals surface area (Å²) in [5.41, 5.74) is 1.92. The lowest BCUT2D eigenvalue weighted by Crippen LogP contribution is -2.31. The number of carbonyl (C=O) groups is 3. The molecule has 0 spiro atoms. The van der Waals surface area contributed by atoms with Crippen LogP contribution in [0.2, 0.25) is 0 Å². The molecule has 1 aromatic carbocycles. The number of fused-ring (bicyclic) bond motifs is 1. The average molecular weight is 541 g/mol. The van der Waals surface area contributed by atoms with Gasteiger partial charge in [-0.05, 0) is 43.7 Å². The Morgan fingerprint density at radius 2 is 2.14 bits per heavy atom. The van der Waals surface area contributed by atoms with Crippen LogP contribution in [0.1, 0.15) is 58.5 Å². The number of nitriles is 1. The summed E-state index contributed by atoms with van der Waals surface area (Å²) in [7, 11) is 0. The van der Waals surface area contributed by atoms with Crippen LogP contribution >= 0.6 is 23.1 Å². The van der Waals surface area contributed by atoms with Crippen molar-refractivity contribution in [1.29, 1.82) is 5.26 Å². The molecule has 2 aliphatic rings. The fourth-order valence-electron chi connectivity index (χ4n) is 4.45. The lowest BCUT2D eigenvalue weighted by molar-refractivity contribution is -0.384. The second kappa shape index (κ2) is 11.6. The molecule has 4 rings (SSSR count). The Bertz CT molecular complexity index is 1340. The number of nitro groups is 1. The Balaban J connectivity index is 1.53. The van der Waals surface area contributed by atoms with E-state index in [2.05, 4.69) is 16.7 Å². The van der Waals surface area contributed by atoms with Crippen LogP contribution in [0, 0.1) is 21.4 Å². The van der Waals surface area contributed by atoms with Crippen molar-refractivity contribution in [3.8, 4) is 6.07 Å². The fraction of sp³-hybridized carbons (Fsp3) is 0.360. The molecular formula is C25H24N4O6S2. The number of anilines is 1. The van der Waals surface area contributed by atoms with E-state index in [9.17, 15) is 29.8 Å². The highest BCUT2D eigenvalue weighted by atomic mass is 32.2. The van der Waals surface area contributed by atoms with Crippen LogP contribution in [0.15, 0.2) is 34.9 Å². The smallest absolute Gasteiger partial charge is 0.341 e. The monoisotopic (exact) mass is 540 g/mol. The van der Waals surface area contributed by atoms with E-state index in [0.29, 0.717) is 16.1 Å². The third-order valence-corrected chi connectivity index (χ3v) is 8.32. The van der Waals surface area contributed by atoms with Gasteiger partial charge >= 0.3 is 5.97 Å². The molecule has 2 N–H and O–H groups in total. The average Bonchev–Trinajstić information content (AvgIpc) is 3.25. The van der Waals surface area contributed by atoms with Gasteiger partial charge in [0.05, 0.1) is 39.5 Å². The predicted molar refractivity (Wildman–Crippen MR) is 139 cm³/mol. The number of carbonyl (C=O) groups excluding carboxylic acids is 3. The number of hydrogen-bond acceptors (Lipinski definition) is 9. The highest BCUT2D eigenvalue weighted by molar-refractivity contribution is 8.03. The summed E-state index contributed by atoms with van der Waals surface area (Å²) < 4.78 is 5.23. The van der Waals surface area contributed by atoms with E-state index in [4.69, 9.17) is 4.74 Å². The lowest BCUT2D eigenvalue weighted by atomic mass is 9.87. The lowest BCUT2D eigenvalue weighted by Gasteiger charge is -2.24. The van der Waals surface area contributed by atoms with Crippen molar-refractivity contribution in [2.45, 2.75) is 44.9 Å². The summed E-state index contributed by atoms with van der Waals surface area (Å²) in [6, 6.07) is 7.94. The van der Waals surface area contributed by atoms with E-state index >= 15 is 0 Å². The Kier molecular flexibility index (Phi) is 8.25. The molecule has 1 aromatic heterocycles. The summed E-state index contributed by atoms with van der Waals surface area (Å²) >= 11 is 2.38. The summed E-state index contributed by atoms with van der Waals surface area (Å²) in [4.78, 5) is 49.7. The molecule has 2 amide bonds. The van der Waals surface area contributed by atoms with Crippen LogP contribution in [0.5, 0.6) is 0 Å². The highest BCUT2D eigenvalue weighted by Crippen LogP contribution is 2.40. The van der Waals surface area contributed by atoms with Crippen molar-refractivity contribution in [1.82, 2.24) is 5.32 Å². The summed E-state index contributed by atoms with van der Waals surface area (Å²) in [6.07, 6.45) is 3.56. The number of nitrogens with zero attached hydrogens (tertiary/aromatic N) is 2. The van der Waals surface area contributed by atoms with E-state index in [1.54, 1.807) is 13.0 Å². The van der Waals surface area contributed by atoms with E-state index in [-0.39, 0.29) is 41.0 Å². The van der Waals surface area contributed by atoms with Gasteiger partial charge in [-0.1, -0.05) is 23.9 Å². The van der Waals surface area contributed by atoms with Gasteiger partial charge in [-0.25, -0.2) is 4.79 Å². The molecule has 2 heterocycles. The largest absolute Gasteiger partial charge is 0.462 e. The second-order valence-corrected chi connectivity index (χ2v) is 10.6. The number of aryl methyl sites for hydroxylation is 1. The van der Waals surface area contributed by atoms with Crippen molar-refractivity contribution < 1.29 is 24.0 Å². The van der Waals surface area contributed by atoms with Crippen LogP contribution in [0.3, 0.4) is 0 Å². The van der Waals surface area contributed by atoms with Crippen LogP contribution in [0.4, 0.5) is 10.7 Å². The van der Waals surface area contributed by atoms with Gasteiger partial charge < -0.3 is 15.4 Å². The number of rotatable bonds is 8. The Morgan fingerprint density at radius 1 is 1.35 bits per heavy atom. The van der Waals surface area contributed by atoms with Crippen LogP contribution in [-0.4, -0.2) is 35.1 Å². The maximum absolute atomic E-state index is 12.9. The minimum absolute atomic E-state index is 0.0377. The molecule has 1 atom stereocenters. The Hall–Kier alpha value is -3.69. The first-order valence-corrected chi connectivity index (χ1v) is 13.5. The summed E-state index contributed by atoms with van der Waals surface area (Å²) in [5, 5.41) is 27.2. The standard InChI is InChI=1S/C25H24N4O6S2/c1-2-35-25(32)22-16-8-3-4-9-19(16)37-24(22)28-21(31)13-36-23-18(12-26)17(11-20(30)27-23)14-6-5-7-15(10-14)29(33)34/h5-7,10,17H,2-4,8-9,11,13H2,1H3,(H,27,30)(H,28,31)/t17-/m1/s1. The number of nitrogens with one attached hydrogen (secondary N) is 2. The summed E-state index contributed by atoms with van der Waals surface area (Å²) in [5.74, 6) is -1.99. The Morgan fingerprint density at radius 3 is 2.86 bits per heavy atom. The van der Waals surface area contributed by atoms with Gasteiger partial charge in [-0.2, -0.15) is 5.26 Å². The van der Waals surface area contributed by atoms with E-state index in [0.717, 1.165) is 47.9 Å². The first kappa shape index (κ1) is 26.4. The minimum Gasteiger partial charge on any atom is -0.462 e. The number of hydrogen-bond donors (Lipinski definition) is 2. The SMILES string of the molecule is CCOC(=O)c1c(NC(=O)CSC2=C(C#N)[C@@H](c3cccc([N+](=O)[O-])c3)CC(=O)N2)sc2c1CCCC2. The van der Waals surface area contributed by atoms with E-state index < -0.39 is 22.7 Å². The molecule has 192 valence electrons. The summed E-state index contributed by atoms with van der Waals surface area (Å²) in [6.45, 7) is 1.95. The molecule has 0 saturated carbocycles. The topological polar surface area (TPSA) is 151 Å². The number of thioether (sulfide) groups is 1. The first-order chi connectivity index (χ1) is 17.8. The zero-order chi connectivity index (χ0) is 26.5. The number of nitro benzene ring substituents is 1. The fourth-order valence-corrected chi connectivity index (χ4v) is 6.62. The van der Waals surface area contributed by atoms with Crippen LogP contribution in [-0.2, 0) is 27.2 Å². The number of thiophene rings is 1. The molecule has 37 heavy (non-hydrogen) atoms. The molecule has 0 bridgehead atoms. The Labute approximate surface area is 221 Å². The molecule has 2 aromatic rings. The molecule has 0 saturated heterocycles. The van der Waals surface area contributed by atoms with Gasteiger partial charge in [-0.15, -0.1) is 11.3 Å².